The average Bonchev–Trinajstić information content (AvgIpc) is 3.28. The molecule has 0 aliphatic heterocycles. The molecule has 0 radical (unpaired) electrons. The minimum Gasteiger partial charge on any atom is -0.462 e. The molecule has 2 atom stereocenters. The van der Waals surface area contributed by atoms with Crippen LogP contribution in [-0.2, 0) is 28.6 Å². The lowest BCUT2D eigenvalue weighted by molar-refractivity contribution is -0.167. The first-order valence-corrected chi connectivity index (χ1v) is 28.8. The van der Waals surface area contributed by atoms with Crippen molar-refractivity contribution in [2.75, 3.05) is 13.2 Å². The Bertz CT molecular complexity index is 980. The van der Waals surface area contributed by atoms with Crippen LogP contribution in [-0.4, -0.2) is 37.2 Å². The number of rotatable bonds is 52. The van der Waals surface area contributed by atoms with Crippen LogP contribution in [0.5, 0.6) is 0 Å². The van der Waals surface area contributed by atoms with Gasteiger partial charge in [-0.3, -0.25) is 14.4 Å². The fraction of sp³-hybridized carbons (Fsp3) is 0.948. The van der Waals surface area contributed by atoms with Crippen molar-refractivity contribution >= 4 is 17.9 Å². The maximum atomic E-state index is 12.8. The second-order valence-corrected chi connectivity index (χ2v) is 20.6. The summed E-state index contributed by atoms with van der Waals surface area (Å²) in [7, 11) is 0. The Hall–Kier alpha value is -1.59. The first-order valence-electron chi connectivity index (χ1n) is 28.8. The van der Waals surface area contributed by atoms with E-state index in [1.165, 1.54) is 212 Å². The van der Waals surface area contributed by atoms with Gasteiger partial charge in [-0.15, -0.1) is 0 Å². The van der Waals surface area contributed by atoms with Gasteiger partial charge in [0.15, 0.2) is 6.10 Å². The lowest BCUT2D eigenvalue weighted by Gasteiger charge is -2.18. The third kappa shape index (κ3) is 49.8. The van der Waals surface area contributed by atoms with Crippen LogP contribution in [0.25, 0.3) is 0 Å². The summed E-state index contributed by atoms with van der Waals surface area (Å²) < 4.78 is 16.9. The van der Waals surface area contributed by atoms with Crippen molar-refractivity contribution in [3.05, 3.63) is 0 Å². The molecule has 1 unspecified atom stereocenters. The quantitative estimate of drug-likeness (QED) is 0.0344. The molecule has 6 heteroatoms. The van der Waals surface area contributed by atoms with E-state index in [0.29, 0.717) is 19.3 Å². The second kappa shape index (κ2) is 50.8. The third-order valence-electron chi connectivity index (χ3n) is 13.6. The molecule has 0 aliphatic rings. The molecule has 0 aromatic carbocycles. The molecule has 0 aromatic rings. The van der Waals surface area contributed by atoms with Crippen molar-refractivity contribution in [1.29, 1.82) is 0 Å². The summed E-state index contributed by atoms with van der Waals surface area (Å²) in [5, 5.41) is 0. The van der Waals surface area contributed by atoms with Gasteiger partial charge in [0, 0.05) is 19.3 Å². The average molecular weight is 906 g/mol. The van der Waals surface area contributed by atoms with E-state index in [1.54, 1.807) is 0 Å². The number of hydrogen-bond donors (Lipinski definition) is 0. The molecule has 64 heavy (non-hydrogen) atoms. The van der Waals surface area contributed by atoms with Gasteiger partial charge in [-0.25, -0.2) is 0 Å². The van der Waals surface area contributed by atoms with Gasteiger partial charge in [0.25, 0.3) is 0 Å². The largest absolute Gasteiger partial charge is 0.462 e. The number of esters is 3. The van der Waals surface area contributed by atoms with Crippen LogP contribution in [0, 0.1) is 11.8 Å². The summed E-state index contributed by atoms with van der Waals surface area (Å²) in [5.41, 5.74) is 0. The van der Waals surface area contributed by atoms with Gasteiger partial charge in [0.2, 0.25) is 0 Å². The van der Waals surface area contributed by atoms with Crippen LogP contribution < -0.4 is 0 Å². The Balaban J connectivity index is 4.27. The first-order chi connectivity index (χ1) is 31.3. The van der Waals surface area contributed by atoms with E-state index >= 15 is 0 Å². The lowest BCUT2D eigenvalue weighted by Crippen LogP contribution is -2.30. The Morgan fingerprint density at radius 2 is 0.594 bits per heavy atom. The maximum Gasteiger partial charge on any atom is 0.306 e. The smallest absolute Gasteiger partial charge is 0.306 e. The number of carbonyl (C=O) groups is 3. The SMILES string of the molecule is CCCCCCCCCCCCCCCCCCCC(=O)OC[C@@H](COC(=O)CCCCCCCCCCC(C)C)OC(=O)CCCCCCCCCCCCCCCCC(C)CC. The molecular formula is C58H112O6. The molecule has 0 N–H and O–H groups in total. The molecule has 0 saturated carbocycles. The summed E-state index contributed by atoms with van der Waals surface area (Å²) in [5.74, 6) is 0.848. The molecule has 380 valence electrons. The van der Waals surface area contributed by atoms with E-state index in [4.69, 9.17) is 14.2 Å². The third-order valence-corrected chi connectivity index (χ3v) is 13.6. The van der Waals surface area contributed by atoms with Crippen LogP contribution in [0.1, 0.15) is 324 Å². The molecule has 6 nitrogen and oxygen atoms in total. The fourth-order valence-corrected chi connectivity index (χ4v) is 8.84. The van der Waals surface area contributed by atoms with Gasteiger partial charge in [-0.2, -0.15) is 0 Å². The van der Waals surface area contributed by atoms with Crippen molar-refractivity contribution in [1.82, 2.24) is 0 Å². The van der Waals surface area contributed by atoms with Crippen LogP contribution in [0.2, 0.25) is 0 Å². The first kappa shape index (κ1) is 62.4. The molecule has 0 aliphatic carbocycles. The highest BCUT2D eigenvalue weighted by molar-refractivity contribution is 5.71. The highest BCUT2D eigenvalue weighted by Crippen LogP contribution is 2.18. The van der Waals surface area contributed by atoms with Gasteiger partial charge in [-0.1, -0.05) is 285 Å². The molecule has 0 saturated heterocycles. The van der Waals surface area contributed by atoms with Gasteiger partial charge >= 0.3 is 17.9 Å². The molecule has 0 rings (SSSR count). The number of ether oxygens (including phenoxy) is 3. The molecule has 0 aromatic heterocycles. The molecular weight excluding hydrogens is 793 g/mol. The zero-order valence-electron chi connectivity index (χ0n) is 43.9. The minimum absolute atomic E-state index is 0.0631. The van der Waals surface area contributed by atoms with Gasteiger partial charge in [-0.05, 0) is 31.1 Å². The van der Waals surface area contributed by atoms with Crippen LogP contribution in [0.3, 0.4) is 0 Å². The van der Waals surface area contributed by atoms with E-state index in [-0.39, 0.29) is 31.1 Å². The monoisotopic (exact) mass is 905 g/mol. The van der Waals surface area contributed by atoms with Gasteiger partial charge in [0.05, 0.1) is 0 Å². The summed E-state index contributed by atoms with van der Waals surface area (Å²) in [6, 6.07) is 0. The highest BCUT2D eigenvalue weighted by Gasteiger charge is 2.19. The predicted octanol–water partition coefficient (Wildman–Crippen LogP) is 18.9. The lowest BCUT2D eigenvalue weighted by atomic mass is 9.99. The molecule has 0 amide bonds. The van der Waals surface area contributed by atoms with Crippen molar-refractivity contribution in [3.8, 4) is 0 Å². The Morgan fingerprint density at radius 3 is 0.891 bits per heavy atom. The number of hydrogen-bond acceptors (Lipinski definition) is 6. The van der Waals surface area contributed by atoms with Gasteiger partial charge < -0.3 is 14.2 Å². The van der Waals surface area contributed by atoms with E-state index < -0.39 is 6.10 Å². The topological polar surface area (TPSA) is 78.9 Å². The van der Waals surface area contributed by atoms with Crippen molar-refractivity contribution in [2.45, 2.75) is 330 Å². The normalized spacial score (nSPS) is 12.5. The highest BCUT2D eigenvalue weighted by atomic mass is 16.6. The number of unbranched alkanes of at least 4 members (excludes halogenated alkanes) is 36. The summed E-state index contributed by atoms with van der Waals surface area (Å²) in [6.45, 7) is 11.4. The van der Waals surface area contributed by atoms with E-state index in [2.05, 4.69) is 34.6 Å². The Labute approximate surface area is 399 Å². The molecule has 0 spiro atoms. The van der Waals surface area contributed by atoms with Gasteiger partial charge in [0.1, 0.15) is 13.2 Å². The molecule has 0 heterocycles. The summed E-state index contributed by atoms with van der Waals surface area (Å²) >= 11 is 0. The van der Waals surface area contributed by atoms with Crippen molar-refractivity contribution < 1.29 is 28.6 Å². The van der Waals surface area contributed by atoms with Crippen LogP contribution >= 0.6 is 0 Å². The zero-order valence-corrected chi connectivity index (χ0v) is 43.9. The zero-order chi connectivity index (χ0) is 46.8. The van der Waals surface area contributed by atoms with Crippen LogP contribution in [0.4, 0.5) is 0 Å². The Morgan fingerprint density at radius 1 is 0.328 bits per heavy atom. The van der Waals surface area contributed by atoms with E-state index in [1.807, 2.05) is 0 Å². The minimum atomic E-state index is -0.763. The standard InChI is InChI=1S/C58H112O6/c1-6-8-9-10-11-12-13-14-15-16-17-21-24-27-33-38-43-48-56(59)62-51-55(52-63-57(60)49-44-39-34-30-29-31-36-41-46-53(3)4)64-58(61)50-45-40-35-28-25-22-19-18-20-23-26-32-37-42-47-54(5)7-2/h53-55H,6-52H2,1-5H3/t54?,55-/m0/s1. The summed E-state index contributed by atoms with van der Waals surface area (Å²) in [4.78, 5) is 38.1. The van der Waals surface area contributed by atoms with Crippen molar-refractivity contribution in [3.63, 3.8) is 0 Å². The Kier molecular flexibility index (Phi) is 49.6. The molecule has 0 fully saturated rings. The maximum absolute atomic E-state index is 12.8. The van der Waals surface area contributed by atoms with Crippen molar-refractivity contribution in [2.24, 2.45) is 11.8 Å². The molecule has 0 bridgehead atoms. The van der Waals surface area contributed by atoms with E-state index in [9.17, 15) is 14.4 Å². The second-order valence-electron chi connectivity index (χ2n) is 20.6. The van der Waals surface area contributed by atoms with Crippen LogP contribution in [0.15, 0.2) is 0 Å². The predicted molar refractivity (Wildman–Crippen MR) is 275 cm³/mol. The van der Waals surface area contributed by atoms with E-state index in [0.717, 1.165) is 69.6 Å². The number of carbonyl (C=O) groups excluding carboxylic acids is 3. The fourth-order valence-electron chi connectivity index (χ4n) is 8.84. The summed E-state index contributed by atoms with van der Waals surface area (Å²) in [6.07, 6.45) is 53.8.